The van der Waals surface area contributed by atoms with E-state index >= 15 is 0 Å². The minimum atomic E-state index is -0.490. The number of nitrogens with zero attached hydrogens (tertiary/aromatic N) is 4. The predicted octanol–water partition coefficient (Wildman–Crippen LogP) is 3.46. The largest absolute Gasteiger partial charge is 0.392 e. The van der Waals surface area contributed by atoms with Crippen LogP contribution in [0.1, 0.15) is 26.2 Å². The molecule has 1 aliphatic rings. The Kier molecular flexibility index (Phi) is 5.94. The quantitative estimate of drug-likeness (QED) is 0.568. The van der Waals surface area contributed by atoms with Crippen LogP contribution in [-0.2, 0) is 0 Å². The fourth-order valence-electron chi connectivity index (χ4n) is 3.72. The van der Waals surface area contributed by atoms with E-state index in [1.54, 1.807) is 18.5 Å². The van der Waals surface area contributed by atoms with Gasteiger partial charge < -0.3 is 15.4 Å². The monoisotopic (exact) mass is 418 g/mol. The zero-order valence-corrected chi connectivity index (χ0v) is 17.0. The van der Waals surface area contributed by atoms with E-state index in [-0.39, 0.29) is 18.0 Å². The van der Waals surface area contributed by atoms with Gasteiger partial charge in [0, 0.05) is 42.5 Å². The Balaban J connectivity index is 1.55. The van der Waals surface area contributed by atoms with Crippen molar-refractivity contribution in [2.45, 2.75) is 38.3 Å². The molecule has 1 fully saturated rings. The van der Waals surface area contributed by atoms with Gasteiger partial charge >= 0.3 is 0 Å². The molecule has 2 atom stereocenters. The van der Waals surface area contributed by atoms with Crippen LogP contribution in [0.2, 0.25) is 5.02 Å². The van der Waals surface area contributed by atoms with Crippen molar-refractivity contribution < 1.29 is 9.50 Å². The number of piperidine rings is 1. The zero-order valence-electron chi connectivity index (χ0n) is 16.2. The second-order valence-electron chi connectivity index (χ2n) is 7.45. The van der Waals surface area contributed by atoms with Crippen LogP contribution >= 0.6 is 11.6 Å². The van der Waals surface area contributed by atoms with Crippen molar-refractivity contribution >= 4 is 28.5 Å². The van der Waals surface area contributed by atoms with Crippen molar-refractivity contribution in [1.82, 2.24) is 24.8 Å². The van der Waals surface area contributed by atoms with Crippen molar-refractivity contribution in [3.63, 3.8) is 0 Å². The molecule has 4 rings (SSSR count). The van der Waals surface area contributed by atoms with E-state index in [2.05, 4.69) is 30.2 Å². The molecule has 3 aromatic rings. The van der Waals surface area contributed by atoms with Crippen LogP contribution in [0.3, 0.4) is 0 Å². The van der Waals surface area contributed by atoms with Gasteiger partial charge in [-0.25, -0.2) is 19.3 Å². The number of aromatic nitrogens is 4. The highest BCUT2D eigenvalue weighted by atomic mass is 35.5. The first kappa shape index (κ1) is 20.0. The van der Waals surface area contributed by atoms with E-state index in [1.165, 1.54) is 6.20 Å². The number of aliphatic hydroxyl groups excluding tert-OH is 1. The Morgan fingerprint density at radius 3 is 3.10 bits per heavy atom. The highest BCUT2D eigenvalue weighted by Gasteiger charge is 2.23. The summed E-state index contributed by atoms with van der Waals surface area (Å²) in [5.74, 6) is 0.0935. The lowest BCUT2D eigenvalue weighted by atomic mass is 10.0. The van der Waals surface area contributed by atoms with Crippen LogP contribution in [-0.4, -0.2) is 61.7 Å². The van der Waals surface area contributed by atoms with Gasteiger partial charge in [0.05, 0.1) is 17.3 Å². The summed E-state index contributed by atoms with van der Waals surface area (Å²) in [7, 11) is 0. The molecule has 4 heterocycles. The van der Waals surface area contributed by atoms with E-state index in [1.807, 2.05) is 6.92 Å². The Bertz CT molecular complexity index is 996. The number of pyridine rings is 1. The van der Waals surface area contributed by atoms with Crippen LogP contribution in [0.4, 0.5) is 10.2 Å². The van der Waals surface area contributed by atoms with Gasteiger partial charge in [0.15, 0.2) is 17.5 Å². The smallest absolute Gasteiger partial charge is 0.183 e. The summed E-state index contributed by atoms with van der Waals surface area (Å²) in [6.45, 7) is 4.28. The molecule has 1 aliphatic heterocycles. The maximum Gasteiger partial charge on any atom is 0.183 e. The van der Waals surface area contributed by atoms with Crippen LogP contribution in [0.25, 0.3) is 22.4 Å². The van der Waals surface area contributed by atoms with E-state index < -0.39 is 5.82 Å². The number of β-amino-alcohol motifs (C(OH)–C–C–N with tert-alkyl or cyclic N) is 1. The van der Waals surface area contributed by atoms with Gasteiger partial charge in [-0.15, -0.1) is 0 Å². The molecular formula is C20H24ClFN6O. The third kappa shape index (κ3) is 4.49. The molecular weight excluding hydrogens is 395 g/mol. The summed E-state index contributed by atoms with van der Waals surface area (Å²) in [6.07, 6.45) is 6.79. The minimum absolute atomic E-state index is 0.0594. The standard InChI is InChI=1S/C20H24ClFN6O/c1-2-14(29)11-28-5-3-4-13(10-28)26-20-17(22)9-25-19(27-20)16-8-24-18-15(16)6-12(21)7-23-18/h6-9,13-14,29H,2-5,10-11H2,1H3,(H,23,24)(H,25,26,27)/t13-,14+/m0/s1. The van der Waals surface area contributed by atoms with Crippen LogP contribution < -0.4 is 5.32 Å². The zero-order chi connectivity index (χ0) is 20.4. The number of anilines is 1. The van der Waals surface area contributed by atoms with Crippen molar-refractivity contribution in [2.75, 3.05) is 25.0 Å². The summed E-state index contributed by atoms with van der Waals surface area (Å²) in [6, 6.07) is 1.84. The number of halogens is 2. The van der Waals surface area contributed by atoms with Crippen molar-refractivity contribution in [1.29, 1.82) is 0 Å². The SMILES string of the molecule is CC[C@@H](O)CN1CCC[C@H](Nc2nc(-c3c[nH]c4ncc(Cl)cc34)ncc2F)C1. The maximum atomic E-state index is 14.4. The molecule has 0 unspecified atom stereocenters. The number of fused-ring (bicyclic) bond motifs is 1. The van der Waals surface area contributed by atoms with Gasteiger partial charge in [0.2, 0.25) is 0 Å². The minimum Gasteiger partial charge on any atom is -0.392 e. The number of aliphatic hydroxyl groups is 1. The van der Waals surface area contributed by atoms with E-state index in [0.717, 1.165) is 43.3 Å². The molecule has 0 radical (unpaired) electrons. The molecule has 0 amide bonds. The molecule has 0 spiro atoms. The lowest BCUT2D eigenvalue weighted by molar-refractivity contribution is 0.0952. The van der Waals surface area contributed by atoms with Gasteiger partial charge in [-0.2, -0.15) is 0 Å². The number of hydrogen-bond donors (Lipinski definition) is 3. The Morgan fingerprint density at radius 2 is 2.28 bits per heavy atom. The molecule has 1 saturated heterocycles. The number of hydrogen-bond acceptors (Lipinski definition) is 6. The van der Waals surface area contributed by atoms with Crippen molar-refractivity contribution in [2.24, 2.45) is 0 Å². The average Bonchev–Trinajstić information content (AvgIpc) is 3.13. The molecule has 29 heavy (non-hydrogen) atoms. The summed E-state index contributed by atoms with van der Waals surface area (Å²) < 4.78 is 14.4. The van der Waals surface area contributed by atoms with Crippen LogP contribution in [0.15, 0.2) is 24.7 Å². The Morgan fingerprint density at radius 1 is 1.41 bits per heavy atom. The first-order valence-electron chi connectivity index (χ1n) is 9.86. The third-order valence-corrected chi connectivity index (χ3v) is 5.48. The molecule has 154 valence electrons. The second kappa shape index (κ2) is 8.61. The molecule has 0 saturated carbocycles. The first-order valence-corrected chi connectivity index (χ1v) is 10.2. The van der Waals surface area contributed by atoms with E-state index in [0.29, 0.717) is 23.0 Å². The van der Waals surface area contributed by atoms with Crippen molar-refractivity contribution in [3.05, 3.63) is 35.5 Å². The van der Waals surface area contributed by atoms with Crippen LogP contribution in [0, 0.1) is 5.82 Å². The Labute approximate surface area is 173 Å². The van der Waals surface area contributed by atoms with Gasteiger partial charge in [-0.05, 0) is 31.9 Å². The predicted molar refractivity (Wildman–Crippen MR) is 111 cm³/mol. The topological polar surface area (TPSA) is 90.0 Å². The van der Waals surface area contributed by atoms with E-state index in [4.69, 9.17) is 11.6 Å². The summed E-state index contributed by atoms with van der Waals surface area (Å²) in [5, 5.41) is 14.4. The second-order valence-corrected chi connectivity index (χ2v) is 7.88. The number of nitrogens with one attached hydrogen (secondary N) is 2. The Hall–Kier alpha value is -2.29. The maximum absolute atomic E-state index is 14.4. The molecule has 3 N–H and O–H groups in total. The highest BCUT2D eigenvalue weighted by Crippen LogP contribution is 2.28. The molecule has 7 nitrogen and oxygen atoms in total. The van der Waals surface area contributed by atoms with E-state index in [9.17, 15) is 9.50 Å². The summed E-state index contributed by atoms with van der Waals surface area (Å²) in [4.78, 5) is 18.1. The fraction of sp³-hybridized carbons (Fsp3) is 0.450. The van der Waals surface area contributed by atoms with Gasteiger partial charge in [0.25, 0.3) is 0 Å². The molecule has 3 aromatic heterocycles. The molecule has 9 heteroatoms. The van der Waals surface area contributed by atoms with Gasteiger partial charge in [0.1, 0.15) is 5.65 Å². The third-order valence-electron chi connectivity index (χ3n) is 5.27. The average molecular weight is 419 g/mol. The van der Waals surface area contributed by atoms with Crippen molar-refractivity contribution in [3.8, 4) is 11.4 Å². The lowest BCUT2D eigenvalue weighted by Crippen LogP contribution is -2.45. The normalized spacial score (nSPS) is 18.8. The molecule has 0 bridgehead atoms. The van der Waals surface area contributed by atoms with Gasteiger partial charge in [-0.1, -0.05) is 18.5 Å². The van der Waals surface area contributed by atoms with Crippen LogP contribution in [0.5, 0.6) is 0 Å². The number of likely N-dealkylation sites (tertiary alicyclic amines) is 1. The highest BCUT2D eigenvalue weighted by molar-refractivity contribution is 6.31. The lowest BCUT2D eigenvalue weighted by Gasteiger charge is -2.34. The van der Waals surface area contributed by atoms with Gasteiger partial charge in [-0.3, -0.25) is 4.90 Å². The number of H-pyrrole nitrogens is 1. The molecule has 0 aliphatic carbocycles. The number of rotatable bonds is 6. The molecule has 0 aromatic carbocycles. The number of aromatic amines is 1. The first-order chi connectivity index (χ1) is 14.0. The fourth-order valence-corrected chi connectivity index (χ4v) is 3.88. The summed E-state index contributed by atoms with van der Waals surface area (Å²) >= 11 is 6.07. The summed E-state index contributed by atoms with van der Waals surface area (Å²) in [5.41, 5.74) is 1.39.